The Kier molecular flexibility index (Phi) is 8.21. The lowest BCUT2D eigenvalue weighted by molar-refractivity contribution is -0.131. The molecule has 1 aliphatic rings. The van der Waals surface area contributed by atoms with Crippen molar-refractivity contribution < 1.29 is 18.7 Å². The third kappa shape index (κ3) is 6.61. The van der Waals surface area contributed by atoms with Crippen LogP contribution in [-0.2, 0) is 20.1 Å². The first kappa shape index (κ1) is 23.8. The second-order valence-electron chi connectivity index (χ2n) is 7.95. The maximum atomic E-state index is 12.4. The first-order valence-electron chi connectivity index (χ1n) is 11.1. The summed E-state index contributed by atoms with van der Waals surface area (Å²) in [6.45, 7) is 3.17. The van der Waals surface area contributed by atoms with E-state index in [-0.39, 0.29) is 24.1 Å². The Labute approximate surface area is 203 Å². The molecule has 8 nitrogen and oxygen atoms in total. The number of ether oxygens (including phenoxy) is 1. The Morgan fingerprint density at radius 2 is 1.82 bits per heavy atom. The van der Waals surface area contributed by atoms with Crippen molar-refractivity contribution in [3.05, 3.63) is 66.6 Å². The molecule has 178 valence electrons. The molecule has 0 atom stereocenters. The molecule has 0 aliphatic carbocycles. The summed E-state index contributed by atoms with van der Waals surface area (Å²) in [5.74, 6) is 1.02. The van der Waals surface area contributed by atoms with Gasteiger partial charge in [-0.25, -0.2) is 4.98 Å². The van der Waals surface area contributed by atoms with E-state index in [4.69, 9.17) is 9.15 Å². The summed E-state index contributed by atoms with van der Waals surface area (Å²) in [6.07, 6.45) is 1.61. The number of thioether (sulfide) groups is 1. The van der Waals surface area contributed by atoms with E-state index in [2.05, 4.69) is 15.2 Å². The summed E-state index contributed by atoms with van der Waals surface area (Å²) in [4.78, 5) is 33.0. The summed E-state index contributed by atoms with van der Waals surface area (Å²) >= 11 is 1.44. The van der Waals surface area contributed by atoms with Crippen molar-refractivity contribution in [3.63, 3.8) is 0 Å². The van der Waals surface area contributed by atoms with Crippen molar-refractivity contribution in [1.29, 1.82) is 0 Å². The first-order chi connectivity index (χ1) is 16.6. The van der Waals surface area contributed by atoms with Gasteiger partial charge in [-0.2, -0.15) is 0 Å². The normalized spacial score (nSPS) is 13.5. The van der Waals surface area contributed by atoms with E-state index in [0.29, 0.717) is 17.3 Å². The maximum absolute atomic E-state index is 12.4. The Hall–Kier alpha value is -3.30. The third-order valence-corrected chi connectivity index (χ3v) is 6.33. The molecule has 2 heterocycles. The fourth-order valence-electron chi connectivity index (χ4n) is 3.52. The van der Waals surface area contributed by atoms with Crippen LogP contribution in [0.25, 0.3) is 11.5 Å². The highest BCUT2D eigenvalue weighted by molar-refractivity contribution is 7.99. The average molecular weight is 481 g/mol. The fourth-order valence-corrected chi connectivity index (χ4v) is 4.36. The van der Waals surface area contributed by atoms with Crippen LogP contribution in [0.3, 0.4) is 0 Å². The average Bonchev–Trinajstić information content (AvgIpc) is 3.34. The molecule has 0 bridgehead atoms. The lowest BCUT2D eigenvalue weighted by Gasteiger charge is -2.28. The number of anilines is 2. The predicted octanol–water partition coefficient (Wildman–Crippen LogP) is 3.51. The molecule has 0 saturated carbocycles. The van der Waals surface area contributed by atoms with Crippen LogP contribution in [-0.4, -0.2) is 67.3 Å². The molecular formula is C25H28N4O4S. The molecule has 0 radical (unpaired) electrons. The van der Waals surface area contributed by atoms with E-state index < -0.39 is 0 Å². The predicted molar refractivity (Wildman–Crippen MR) is 134 cm³/mol. The number of benzene rings is 2. The third-order valence-electron chi connectivity index (χ3n) is 5.38. The van der Waals surface area contributed by atoms with Gasteiger partial charge in [0.05, 0.1) is 31.2 Å². The lowest BCUT2D eigenvalue weighted by atomic mass is 10.2. The van der Waals surface area contributed by atoms with Crippen molar-refractivity contribution >= 4 is 35.0 Å². The number of carbonyl (C=O) groups is 2. The number of likely N-dealkylation sites (N-methyl/N-ethyl adjacent to an activating group) is 1. The second-order valence-corrected chi connectivity index (χ2v) is 8.93. The zero-order valence-electron chi connectivity index (χ0n) is 19.1. The highest BCUT2D eigenvalue weighted by Crippen LogP contribution is 2.21. The molecule has 0 unspecified atom stereocenters. The van der Waals surface area contributed by atoms with Crippen LogP contribution < -0.4 is 10.2 Å². The van der Waals surface area contributed by atoms with Gasteiger partial charge in [0.2, 0.25) is 17.7 Å². The minimum atomic E-state index is -0.232. The van der Waals surface area contributed by atoms with Crippen LogP contribution in [0.2, 0.25) is 0 Å². The van der Waals surface area contributed by atoms with Gasteiger partial charge in [0, 0.05) is 42.8 Å². The van der Waals surface area contributed by atoms with Gasteiger partial charge in [0.1, 0.15) is 6.26 Å². The second kappa shape index (κ2) is 11.7. The summed E-state index contributed by atoms with van der Waals surface area (Å²) in [6, 6.07) is 17.4. The number of hydrogen-bond donors (Lipinski definition) is 1. The van der Waals surface area contributed by atoms with Crippen LogP contribution in [0.4, 0.5) is 11.4 Å². The van der Waals surface area contributed by atoms with Crippen LogP contribution in [0, 0.1) is 0 Å². The molecule has 0 spiro atoms. The van der Waals surface area contributed by atoms with Gasteiger partial charge in [-0.15, -0.1) is 11.8 Å². The standard InChI is InChI=1S/C25H28N4O4S/c1-28(15-23(30)26-20-7-9-22(10-8-20)29-11-13-32-14-12-29)24(31)18-34-17-21-16-33-25(27-21)19-5-3-2-4-6-19/h2-10,16H,11-15,17-18H2,1H3,(H,26,30). The van der Waals surface area contributed by atoms with Gasteiger partial charge >= 0.3 is 0 Å². The quantitative estimate of drug-likeness (QED) is 0.501. The zero-order valence-corrected chi connectivity index (χ0v) is 19.9. The van der Waals surface area contributed by atoms with Crippen LogP contribution in [0.15, 0.2) is 65.3 Å². The van der Waals surface area contributed by atoms with E-state index >= 15 is 0 Å². The van der Waals surface area contributed by atoms with Gasteiger partial charge in [0.15, 0.2) is 0 Å². The van der Waals surface area contributed by atoms with Gasteiger partial charge < -0.3 is 24.3 Å². The van der Waals surface area contributed by atoms with Crippen LogP contribution in [0.1, 0.15) is 5.69 Å². The largest absolute Gasteiger partial charge is 0.444 e. The number of oxazole rings is 1. The number of amides is 2. The molecule has 1 saturated heterocycles. The fraction of sp³-hybridized carbons (Fsp3) is 0.320. The Morgan fingerprint density at radius 1 is 1.09 bits per heavy atom. The molecule has 1 aliphatic heterocycles. The molecule has 9 heteroatoms. The van der Waals surface area contributed by atoms with Gasteiger partial charge in [-0.3, -0.25) is 9.59 Å². The topological polar surface area (TPSA) is 87.9 Å². The summed E-state index contributed by atoms with van der Waals surface area (Å²) in [7, 11) is 1.63. The van der Waals surface area contributed by atoms with E-state index in [1.165, 1.54) is 16.7 Å². The molecule has 34 heavy (non-hydrogen) atoms. The zero-order chi connectivity index (χ0) is 23.8. The number of carbonyl (C=O) groups excluding carboxylic acids is 2. The highest BCUT2D eigenvalue weighted by atomic mass is 32.2. The van der Waals surface area contributed by atoms with E-state index in [9.17, 15) is 9.59 Å². The lowest BCUT2D eigenvalue weighted by Crippen LogP contribution is -2.36. The van der Waals surface area contributed by atoms with Crippen molar-refractivity contribution in [3.8, 4) is 11.5 Å². The molecule has 1 fully saturated rings. The minimum absolute atomic E-state index is 0.00722. The van der Waals surface area contributed by atoms with Crippen LogP contribution in [0.5, 0.6) is 0 Å². The highest BCUT2D eigenvalue weighted by Gasteiger charge is 2.15. The Balaban J connectivity index is 1.18. The van der Waals surface area contributed by atoms with Gasteiger partial charge in [-0.1, -0.05) is 18.2 Å². The number of morpholine rings is 1. The maximum Gasteiger partial charge on any atom is 0.243 e. The van der Waals surface area contributed by atoms with Crippen molar-refractivity contribution in [2.24, 2.45) is 0 Å². The molecule has 1 N–H and O–H groups in total. The summed E-state index contributed by atoms with van der Waals surface area (Å²) in [5, 5.41) is 2.85. The number of aromatic nitrogens is 1. The van der Waals surface area contributed by atoms with E-state index in [1.807, 2.05) is 54.6 Å². The molecular weight excluding hydrogens is 452 g/mol. The monoisotopic (exact) mass is 480 g/mol. The van der Waals surface area contributed by atoms with E-state index in [1.54, 1.807) is 13.3 Å². The molecule has 1 aromatic heterocycles. The Morgan fingerprint density at radius 3 is 2.56 bits per heavy atom. The summed E-state index contributed by atoms with van der Waals surface area (Å²) < 4.78 is 10.9. The van der Waals surface area contributed by atoms with Crippen molar-refractivity contribution in [2.75, 3.05) is 55.9 Å². The molecule has 3 aromatic rings. The SMILES string of the molecule is CN(CC(=O)Nc1ccc(N2CCOCC2)cc1)C(=O)CSCc1coc(-c2ccccc2)n1. The smallest absolute Gasteiger partial charge is 0.243 e. The van der Waals surface area contributed by atoms with Crippen LogP contribution >= 0.6 is 11.8 Å². The number of rotatable bonds is 9. The number of nitrogens with one attached hydrogen (secondary N) is 1. The van der Waals surface area contributed by atoms with Gasteiger partial charge in [-0.05, 0) is 36.4 Å². The van der Waals surface area contributed by atoms with Crippen molar-refractivity contribution in [2.45, 2.75) is 5.75 Å². The van der Waals surface area contributed by atoms with Gasteiger partial charge in [0.25, 0.3) is 0 Å². The molecule has 4 rings (SSSR count). The summed E-state index contributed by atoms with van der Waals surface area (Å²) in [5.41, 5.74) is 3.50. The number of nitrogens with zero attached hydrogens (tertiary/aromatic N) is 3. The molecule has 2 amide bonds. The first-order valence-corrected chi connectivity index (χ1v) is 12.3. The van der Waals surface area contributed by atoms with Crippen molar-refractivity contribution in [1.82, 2.24) is 9.88 Å². The molecule has 2 aromatic carbocycles. The minimum Gasteiger partial charge on any atom is -0.444 e. The number of hydrogen-bond acceptors (Lipinski definition) is 7. The van der Waals surface area contributed by atoms with E-state index in [0.717, 1.165) is 43.2 Å². The Bertz CT molecular complexity index is 1080.